The van der Waals surface area contributed by atoms with Crippen LogP contribution in [0.2, 0.25) is 0 Å². The van der Waals surface area contributed by atoms with E-state index < -0.39 is 17.3 Å². The Hall–Kier alpha value is -1.96. The highest BCUT2D eigenvalue weighted by atomic mass is 32.2. The molecule has 118 valence electrons. The highest BCUT2D eigenvalue weighted by Crippen LogP contribution is 2.38. The molecular weight excluding hydrogens is 317 g/mol. The van der Waals surface area contributed by atoms with Crippen molar-refractivity contribution in [1.29, 1.82) is 0 Å². The third kappa shape index (κ3) is 2.96. The van der Waals surface area contributed by atoms with Crippen molar-refractivity contribution in [2.45, 2.75) is 11.1 Å². The molecule has 0 amide bonds. The van der Waals surface area contributed by atoms with Crippen molar-refractivity contribution in [3.8, 4) is 16.9 Å². The van der Waals surface area contributed by atoms with Crippen LogP contribution < -0.4 is 10.3 Å². The number of aromatic nitrogens is 2. The minimum absolute atomic E-state index is 0.0487. The number of ether oxygens (including phenoxy) is 1. The Kier molecular flexibility index (Phi) is 4.50. The molecule has 0 radical (unpaired) electrons. The number of halogens is 3. The summed E-state index contributed by atoms with van der Waals surface area (Å²) >= 11 is 1.16. The molecule has 0 saturated carbocycles. The van der Waals surface area contributed by atoms with E-state index in [0.717, 1.165) is 28.6 Å². The van der Waals surface area contributed by atoms with E-state index in [2.05, 4.69) is 5.10 Å². The van der Waals surface area contributed by atoms with Gasteiger partial charge in [0.15, 0.2) is 5.75 Å². The minimum atomic E-state index is -4.42. The molecule has 4 nitrogen and oxygen atoms in total. The molecule has 2 aromatic rings. The molecule has 0 aliphatic carbocycles. The Bertz CT molecular complexity index is 757. The zero-order valence-electron chi connectivity index (χ0n) is 12.1. The van der Waals surface area contributed by atoms with Crippen molar-refractivity contribution >= 4 is 11.8 Å². The molecule has 1 heterocycles. The third-order valence-corrected chi connectivity index (χ3v) is 3.89. The van der Waals surface area contributed by atoms with Gasteiger partial charge in [-0.15, -0.1) is 11.8 Å². The van der Waals surface area contributed by atoms with Gasteiger partial charge in [-0.2, -0.15) is 18.3 Å². The first-order valence-electron chi connectivity index (χ1n) is 6.15. The molecule has 1 aromatic heterocycles. The van der Waals surface area contributed by atoms with Gasteiger partial charge in [0.1, 0.15) is 0 Å². The number of methoxy groups -OCH3 is 1. The van der Waals surface area contributed by atoms with Crippen molar-refractivity contribution in [3.63, 3.8) is 0 Å². The summed E-state index contributed by atoms with van der Waals surface area (Å²) in [6.45, 7) is 0. The Labute approximate surface area is 128 Å². The number of hydrogen-bond donors (Lipinski definition) is 0. The van der Waals surface area contributed by atoms with Crippen molar-refractivity contribution in [3.05, 3.63) is 40.3 Å². The molecule has 0 aliphatic rings. The monoisotopic (exact) mass is 330 g/mol. The molecule has 1 aromatic carbocycles. The van der Waals surface area contributed by atoms with Gasteiger partial charge in [0, 0.05) is 17.5 Å². The van der Waals surface area contributed by atoms with E-state index in [4.69, 9.17) is 4.74 Å². The largest absolute Gasteiger partial charge is 0.491 e. The van der Waals surface area contributed by atoms with E-state index >= 15 is 0 Å². The van der Waals surface area contributed by atoms with Crippen LogP contribution in [0.1, 0.15) is 5.56 Å². The predicted molar refractivity (Wildman–Crippen MR) is 78.2 cm³/mol. The second-order valence-electron chi connectivity index (χ2n) is 4.43. The number of nitrogens with zero attached hydrogens (tertiary/aromatic N) is 2. The van der Waals surface area contributed by atoms with Gasteiger partial charge in [0.05, 0.1) is 24.4 Å². The molecular formula is C14H13F3N2O2S. The van der Waals surface area contributed by atoms with Crippen LogP contribution in [0.3, 0.4) is 0 Å². The van der Waals surface area contributed by atoms with Gasteiger partial charge in [0.2, 0.25) is 0 Å². The van der Waals surface area contributed by atoms with E-state index in [1.54, 1.807) is 6.26 Å². The van der Waals surface area contributed by atoms with Crippen LogP contribution in [0.25, 0.3) is 11.1 Å². The van der Waals surface area contributed by atoms with E-state index in [1.165, 1.54) is 26.4 Å². The highest BCUT2D eigenvalue weighted by molar-refractivity contribution is 7.98. The quantitative estimate of drug-likeness (QED) is 0.811. The number of aryl methyl sites for hydroxylation is 1. The fourth-order valence-electron chi connectivity index (χ4n) is 2.00. The molecule has 0 unspecified atom stereocenters. The number of alkyl halides is 3. The Morgan fingerprint density at radius 1 is 1.27 bits per heavy atom. The normalized spacial score (nSPS) is 11.5. The van der Waals surface area contributed by atoms with Gasteiger partial charge in [-0.1, -0.05) is 6.07 Å². The summed E-state index contributed by atoms with van der Waals surface area (Å²) in [7, 11) is 2.81. The number of rotatable bonds is 3. The fraction of sp³-hybridized carbons (Fsp3) is 0.286. The van der Waals surface area contributed by atoms with Gasteiger partial charge in [0.25, 0.3) is 0 Å². The molecule has 8 heteroatoms. The summed E-state index contributed by atoms with van der Waals surface area (Å²) < 4.78 is 44.6. The summed E-state index contributed by atoms with van der Waals surface area (Å²) in [5.74, 6) is 0.0487. The Morgan fingerprint density at radius 3 is 2.50 bits per heavy atom. The molecule has 2 rings (SSSR count). The zero-order valence-corrected chi connectivity index (χ0v) is 12.9. The van der Waals surface area contributed by atoms with Crippen molar-refractivity contribution in [1.82, 2.24) is 9.78 Å². The Morgan fingerprint density at radius 2 is 1.95 bits per heavy atom. The van der Waals surface area contributed by atoms with Gasteiger partial charge in [-0.05, 0) is 18.4 Å². The average molecular weight is 330 g/mol. The first-order valence-corrected chi connectivity index (χ1v) is 7.38. The van der Waals surface area contributed by atoms with Gasteiger partial charge in [-0.3, -0.25) is 4.79 Å². The lowest BCUT2D eigenvalue weighted by atomic mass is 10.0. The summed E-state index contributed by atoms with van der Waals surface area (Å²) in [6.07, 6.45) is -1.35. The molecule has 0 aliphatic heterocycles. The Balaban J connectivity index is 2.68. The van der Waals surface area contributed by atoms with Crippen LogP contribution in [-0.4, -0.2) is 23.1 Å². The lowest BCUT2D eigenvalue weighted by Crippen LogP contribution is -2.21. The maximum Gasteiger partial charge on any atom is 0.416 e. The molecule has 0 saturated heterocycles. The van der Waals surface area contributed by atoms with E-state index in [-0.39, 0.29) is 5.75 Å². The van der Waals surface area contributed by atoms with Crippen LogP contribution >= 0.6 is 11.8 Å². The average Bonchev–Trinajstić information content (AvgIpc) is 2.48. The van der Waals surface area contributed by atoms with Gasteiger partial charge in [-0.25, -0.2) is 4.68 Å². The van der Waals surface area contributed by atoms with Crippen LogP contribution in [0.5, 0.6) is 5.75 Å². The van der Waals surface area contributed by atoms with Crippen LogP contribution in [0.4, 0.5) is 13.2 Å². The summed E-state index contributed by atoms with van der Waals surface area (Å²) in [5, 5.41) is 3.90. The standard InChI is InChI=1S/C14H13F3N2O2S/c1-19-13(20)12(21-2)10(7-18-19)9-5-4-8(14(15,16)17)6-11(9)22-3/h4-7H,1-3H3. The molecule has 0 fully saturated rings. The minimum Gasteiger partial charge on any atom is -0.491 e. The van der Waals surface area contributed by atoms with Crippen molar-refractivity contribution in [2.24, 2.45) is 7.05 Å². The SMILES string of the molecule is COc1c(-c2ccc(C(F)(F)F)cc2SC)cnn(C)c1=O. The topological polar surface area (TPSA) is 44.1 Å². The van der Waals surface area contributed by atoms with E-state index in [0.29, 0.717) is 16.0 Å². The zero-order chi connectivity index (χ0) is 16.5. The maximum absolute atomic E-state index is 12.8. The third-order valence-electron chi connectivity index (χ3n) is 3.12. The molecule has 0 N–H and O–H groups in total. The maximum atomic E-state index is 12.8. The highest BCUT2D eigenvalue weighted by Gasteiger charge is 2.31. The van der Waals surface area contributed by atoms with Crippen molar-refractivity contribution < 1.29 is 17.9 Å². The first-order chi connectivity index (χ1) is 10.3. The van der Waals surface area contributed by atoms with Crippen LogP contribution in [-0.2, 0) is 13.2 Å². The summed E-state index contributed by atoms with van der Waals surface area (Å²) in [5.41, 5.74) is -0.352. The van der Waals surface area contributed by atoms with Gasteiger partial charge >= 0.3 is 11.7 Å². The second kappa shape index (κ2) is 6.04. The fourth-order valence-corrected chi connectivity index (χ4v) is 2.64. The molecule has 22 heavy (non-hydrogen) atoms. The summed E-state index contributed by atoms with van der Waals surface area (Å²) in [6, 6.07) is 3.36. The van der Waals surface area contributed by atoms with Crippen LogP contribution in [0.15, 0.2) is 34.1 Å². The smallest absolute Gasteiger partial charge is 0.416 e. The van der Waals surface area contributed by atoms with E-state index in [9.17, 15) is 18.0 Å². The molecule has 0 bridgehead atoms. The second-order valence-corrected chi connectivity index (χ2v) is 5.28. The van der Waals surface area contributed by atoms with Gasteiger partial charge < -0.3 is 4.74 Å². The van der Waals surface area contributed by atoms with Crippen molar-refractivity contribution in [2.75, 3.05) is 13.4 Å². The van der Waals surface area contributed by atoms with E-state index in [1.807, 2.05) is 0 Å². The predicted octanol–water partition coefficient (Wildman–Crippen LogP) is 3.20. The number of thioether (sulfide) groups is 1. The summed E-state index contributed by atoms with van der Waals surface area (Å²) in [4.78, 5) is 12.4. The molecule has 0 atom stereocenters. The number of benzene rings is 1. The number of hydrogen-bond acceptors (Lipinski definition) is 4. The lowest BCUT2D eigenvalue weighted by molar-refractivity contribution is -0.137. The molecule has 0 spiro atoms. The van der Waals surface area contributed by atoms with Crippen LogP contribution in [0, 0.1) is 0 Å². The first kappa shape index (κ1) is 16.4. The lowest BCUT2D eigenvalue weighted by Gasteiger charge is -2.14.